The second kappa shape index (κ2) is 4.54. The van der Waals surface area contributed by atoms with Crippen LogP contribution in [0.2, 0.25) is 0 Å². The zero-order valence-corrected chi connectivity index (χ0v) is 12.0. The number of benzene rings is 1. The van der Waals surface area contributed by atoms with Crippen molar-refractivity contribution >= 4 is 32.6 Å². The molecule has 1 saturated carbocycles. The van der Waals surface area contributed by atoms with Crippen LogP contribution in [0.4, 0.5) is 0 Å². The average molecular weight is 306 g/mol. The first-order valence-electron chi connectivity index (χ1n) is 6.45. The third kappa shape index (κ3) is 1.91. The Hall–Kier alpha value is -1.09. The zero-order chi connectivity index (χ0) is 12.7. The number of aryl methyl sites for hydroxylation is 1. The maximum Gasteiger partial charge on any atom is 0.168 e. The Kier molecular flexibility index (Phi) is 3.02. The Morgan fingerprint density at radius 2 is 2.06 bits per heavy atom. The van der Waals surface area contributed by atoms with Gasteiger partial charge in [0.05, 0.1) is 0 Å². The van der Waals surface area contributed by atoms with Crippen molar-refractivity contribution in [2.24, 2.45) is 13.0 Å². The van der Waals surface area contributed by atoms with Crippen molar-refractivity contribution in [3.8, 4) is 0 Å². The molecule has 0 unspecified atom stereocenters. The lowest BCUT2D eigenvalue weighted by atomic mass is 9.96. The zero-order valence-electron chi connectivity index (χ0n) is 10.4. The molecule has 0 aliphatic heterocycles. The molecule has 1 fully saturated rings. The van der Waals surface area contributed by atoms with Crippen molar-refractivity contribution in [2.75, 3.05) is 0 Å². The highest BCUT2D eigenvalue weighted by Crippen LogP contribution is 2.32. The van der Waals surface area contributed by atoms with Crippen molar-refractivity contribution in [2.45, 2.75) is 25.7 Å². The van der Waals surface area contributed by atoms with Crippen molar-refractivity contribution in [3.63, 3.8) is 0 Å². The number of ketones is 1. The average Bonchev–Trinajstić information content (AvgIpc) is 2.97. The van der Waals surface area contributed by atoms with E-state index in [1.165, 1.54) is 12.8 Å². The van der Waals surface area contributed by atoms with Crippen molar-refractivity contribution in [3.05, 3.63) is 34.4 Å². The molecule has 2 nitrogen and oxygen atoms in total. The maximum absolute atomic E-state index is 12.5. The minimum Gasteiger partial charge on any atom is -0.350 e. The maximum atomic E-state index is 12.5. The lowest BCUT2D eigenvalue weighted by Crippen LogP contribution is -2.10. The molecule has 1 aromatic heterocycles. The fraction of sp³-hybridized carbons (Fsp3) is 0.400. The third-order valence-corrected chi connectivity index (χ3v) is 4.44. The van der Waals surface area contributed by atoms with E-state index >= 15 is 0 Å². The molecule has 2 aromatic rings. The largest absolute Gasteiger partial charge is 0.350 e. The molecule has 1 aliphatic rings. The molecule has 0 amide bonds. The van der Waals surface area contributed by atoms with Crippen LogP contribution in [0, 0.1) is 5.92 Å². The Bertz CT molecular complexity index is 608. The quantitative estimate of drug-likeness (QED) is 0.758. The van der Waals surface area contributed by atoms with E-state index in [1.54, 1.807) is 0 Å². The Labute approximate surface area is 115 Å². The smallest absolute Gasteiger partial charge is 0.168 e. The Balaban J connectivity index is 2.09. The number of halogens is 1. The van der Waals surface area contributed by atoms with Crippen LogP contribution in [0.3, 0.4) is 0 Å². The topological polar surface area (TPSA) is 22.0 Å². The molecule has 0 N–H and O–H groups in total. The number of carbonyl (C=O) groups is 1. The lowest BCUT2D eigenvalue weighted by Gasteiger charge is -2.06. The second-order valence-electron chi connectivity index (χ2n) is 5.16. The Morgan fingerprint density at radius 3 is 2.78 bits per heavy atom. The lowest BCUT2D eigenvalue weighted by molar-refractivity contribution is 0.0924. The highest BCUT2D eigenvalue weighted by molar-refractivity contribution is 9.10. The normalized spacial score (nSPS) is 16.6. The summed E-state index contributed by atoms with van der Waals surface area (Å²) in [5, 5.41) is 1.08. The molecular formula is C15H16BrNO. The van der Waals surface area contributed by atoms with Crippen LogP contribution in [0.25, 0.3) is 10.9 Å². The van der Waals surface area contributed by atoms with Crippen molar-refractivity contribution in [1.29, 1.82) is 0 Å². The summed E-state index contributed by atoms with van der Waals surface area (Å²) in [7, 11) is 2.00. The summed E-state index contributed by atoms with van der Waals surface area (Å²) in [6.45, 7) is 0. The highest BCUT2D eigenvalue weighted by Gasteiger charge is 2.26. The molecule has 1 aromatic carbocycles. The SMILES string of the molecule is Cn1cc(C(=O)C2CCCC2)c2ccc(Br)cc21. The van der Waals surface area contributed by atoms with E-state index in [4.69, 9.17) is 0 Å². The van der Waals surface area contributed by atoms with Gasteiger partial charge in [0, 0.05) is 40.1 Å². The number of Topliss-reactive ketones (excluding diaryl/α,β-unsaturated/α-hetero) is 1. The molecule has 3 heteroatoms. The van der Waals surface area contributed by atoms with Gasteiger partial charge >= 0.3 is 0 Å². The van der Waals surface area contributed by atoms with Crippen LogP contribution >= 0.6 is 15.9 Å². The fourth-order valence-electron chi connectivity index (χ4n) is 2.96. The first kappa shape index (κ1) is 12.0. The number of carbonyl (C=O) groups excluding carboxylic acids is 1. The summed E-state index contributed by atoms with van der Waals surface area (Å²) in [4.78, 5) is 12.5. The van der Waals surface area contributed by atoms with Crippen LogP contribution in [-0.4, -0.2) is 10.4 Å². The van der Waals surface area contributed by atoms with Gasteiger partial charge in [-0.15, -0.1) is 0 Å². The highest BCUT2D eigenvalue weighted by atomic mass is 79.9. The molecule has 1 heterocycles. The number of hydrogen-bond donors (Lipinski definition) is 0. The van der Waals surface area contributed by atoms with Crippen molar-refractivity contribution in [1.82, 2.24) is 4.57 Å². The first-order chi connectivity index (χ1) is 8.66. The first-order valence-corrected chi connectivity index (χ1v) is 7.25. The molecule has 94 valence electrons. The number of hydrogen-bond acceptors (Lipinski definition) is 1. The molecule has 0 bridgehead atoms. The van der Waals surface area contributed by atoms with Crippen LogP contribution < -0.4 is 0 Å². The number of fused-ring (bicyclic) bond motifs is 1. The minimum atomic E-state index is 0.249. The molecule has 18 heavy (non-hydrogen) atoms. The fourth-order valence-corrected chi connectivity index (χ4v) is 3.31. The molecule has 0 radical (unpaired) electrons. The van der Waals surface area contributed by atoms with Crippen LogP contribution in [0.15, 0.2) is 28.9 Å². The van der Waals surface area contributed by atoms with Gasteiger partial charge in [0.1, 0.15) is 0 Å². The van der Waals surface area contributed by atoms with Crippen LogP contribution in [-0.2, 0) is 7.05 Å². The van der Waals surface area contributed by atoms with Gasteiger partial charge in [-0.05, 0) is 25.0 Å². The summed E-state index contributed by atoms with van der Waals surface area (Å²) in [6.07, 6.45) is 6.51. The van der Waals surface area contributed by atoms with E-state index in [1.807, 2.05) is 29.9 Å². The van der Waals surface area contributed by atoms with Crippen molar-refractivity contribution < 1.29 is 4.79 Å². The summed E-state index contributed by atoms with van der Waals surface area (Å²) in [5.74, 6) is 0.583. The standard InChI is InChI=1S/C15H16BrNO/c1-17-9-13(15(18)10-4-2-3-5-10)12-7-6-11(16)8-14(12)17/h6-10H,2-5H2,1H3. The predicted molar refractivity (Wildman–Crippen MR) is 76.9 cm³/mol. The van der Waals surface area contributed by atoms with E-state index in [9.17, 15) is 4.79 Å². The van der Waals surface area contributed by atoms with Gasteiger partial charge < -0.3 is 4.57 Å². The summed E-state index contributed by atoms with van der Waals surface area (Å²) in [5.41, 5.74) is 2.01. The molecule has 0 spiro atoms. The predicted octanol–water partition coefficient (Wildman–Crippen LogP) is 4.31. The molecule has 0 atom stereocenters. The van der Waals surface area contributed by atoms with E-state index in [0.717, 1.165) is 33.8 Å². The van der Waals surface area contributed by atoms with Gasteiger partial charge in [-0.3, -0.25) is 4.79 Å². The number of nitrogens with zero attached hydrogens (tertiary/aromatic N) is 1. The summed E-state index contributed by atoms with van der Waals surface area (Å²) >= 11 is 3.48. The van der Waals surface area contributed by atoms with Gasteiger partial charge in [0.2, 0.25) is 0 Å². The molecule has 0 saturated heterocycles. The molecule has 3 rings (SSSR count). The van der Waals surface area contributed by atoms with Gasteiger partial charge in [0.15, 0.2) is 5.78 Å². The van der Waals surface area contributed by atoms with E-state index in [-0.39, 0.29) is 5.92 Å². The van der Waals surface area contributed by atoms with Crippen LogP contribution in [0.5, 0.6) is 0 Å². The van der Waals surface area contributed by atoms with Crippen LogP contribution in [0.1, 0.15) is 36.0 Å². The van der Waals surface area contributed by atoms with E-state index < -0.39 is 0 Å². The van der Waals surface area contributed by atoms with Gasteiger partial charge in [-0.1, -0.05) is 34.8 Å². The third-order valence-electron chi connectivity index (χ3n) is 3.94. The van der Waals surface area contributed by atoms with Gasteiger partial charge in [-0.25, -0.2) is 0 Å². The van der Waals surface area contributed by atoms with E-state index in [2.05, 4.69) is 22.0 Å². The number of rotatable bonds is 2. The number of aromatic nitrogens is 1. The van der Waals surface area contributed by atoms with E-state index in [0.29, 0.717) is 5.78 Å². The minimum absolute atomic E-state index is 0.249. The monoisotopic (exact) mass is 305 g/mol. The molecular weight excluding hydrogens is 290 g/mol. The van der Waals surface area contributed by atoms with Gasteiger partial charge in [0.25, 0.3) is 0 Å². The summed E-state index contributed by atoms with van der Waals surface area (Å²) in [6, 6.07) is 6.12. The molecule has 1 aliphatic carbocycles. The summed E-state index contributed by atoms with van der Waals surface area (Å²) < 4.78 is 3.10. The Morgan fingerprint density at radius 1 is 1.33 bits per heavy atom. The second-order valence-corrected chi connectivity index (χ2v) is 6.08. The van der Waals surface area contributed by atoms with Gasteiger partial charge in [-0.2, -0.15) is 0 Å².